The number of hydrogen-bond donors (Lipinski definition) is 1. The molecule has 6 heteroatoms. The average molecular weight is 462 g/mol. The molecular weight excluding hydrogens is 430 g/mol. The van der Waals surface area contributed by atoms with Gasteiger partial charge >= 0.3 is 0 Å². The number of Topliss-reactive ketones (excluding diaryl/α,β-unsaturated/α-hetero) is 1. The Morgan fingerprint density at radius 3 is 2.53 bits per heavy atom. The van der Waals surface area contributed by atoms with Crippen molar-refractivity contribution in [2.24, 2.45) is 0 Å². The van der Waals surface area contributed by atoms with Crippen LogP contribution in [0.25, 0.3) is 5.76 Å². The Morgan fingerprint density at radius 2 is 1.82 bits per heavy atom. The first kappa shape index (κ1) is 22.5. The molecule has 0 bridgehead atoms. The molecule has 1 N–H and O–H groups in total. The van der Waals surface area contributed by atoms with Gasteiger partial charge in [-0.15, -0.1) is 0 Å². The number of amides is 1. The van der Waals surface area contributed by atoms with E-state index >= 15 is 0 Å². The van der Waals surface area contributed by atoms with E-state index in [9.17, 15) is 14.7 Å². The average Bonchev–Trinajstić information content (AvgIpc) is 3.35. The van der Waals surface area contributed by atoms with E-state index in [4.69, 9.17) is 9.47 Å². The SMILES string of the molecule is CCOc1ccc(C2/C(=C(/O)c3ccc4c(c3)CC(C)O4)C(=O)C(=O)N2C2CCCCC2)cc1. The van der Waals surface area contributed by atoms with Gasteiger partial charge in [0.2, 0.25) is 0 Å². The van der Waals surface area contributed by atoms with E-state index in [1.54, 1.807) is 11.0 Å². The standard InChI is InChI=1S/C28H31NO5/c1-3-33-22-12-9-18(10-13-22)25-24(27(31)28(32)29(25)21-7-5-4-6-8-21)26(30)19-11-14-23-20(16-19)15-17(2)34-23/h9-14,16-17,21,25,30H,3-8,15H2,1-2H3/b26-24-. The lowest BCUT2D eigenvalue weighted by Gasteiger charge is -2.35. The van der Waals surface area contributed by atoms with Gasteiger partial charge in [0, 0.05) is 18.0 Å². The Bertz CT molecular complexity index is 1130. The zero-order valence-corrected chi connectivity index (χ0v) is 19.8. The maximum Gasteiger partial charge on any atom is 0.295 e. The predicted octanol–water partition coefficient (Wildman–Crippen LogP) is 5.16. The minimum atomic E-state index is -0.623. The number of likely N-dealkylation sites (tertiary alicyclic amines) is 1. The maximum absolute atomic E-state index is 13.4. The number of nitrogens with zero attached hydrogens (tertiary/aromatic N) is 1. The molecule has 1 amide bonds. The molecule has 6 nitrogen and oxygen atoms in total. The molecule has 2 aromatic rings. The van der Waals surface area contributed by atoms with Crippen LogP contribution in [0.3, 0.4) is 0 Å². The fourth-order valence-electron chi connectivity index (χ4n) is 5.55. The van der Waals surface area contributed by atoms with Crippen LogP contribution in [0.15, 0.2) is 48.0 Å². The second kappa shape index (κ2) is 9.16. The van der Waals surface area contributed by atoms with E-state index in [-0.39, 0.29) is 23.5 Å². The van der Waals surface area contributed by atoms with Crippen LogP contribution >= 0.6 is 0 Å². The molecule has 178 valence electrons. The number of benzene rings is 2. The van der Waals surface area contributed by atoms with Crippen molar-refractivity contribution in [1.82, 2.24) is 4.90 Å². The van der Waals surface area contributed by atoms with E-state index in [0.29, 0.717) is 12.2 Å². The molecule has 0 radical (unpaired) electrons. The van der Waals surface area contributed by atoms with Gasteiger partial charge < -0.3 is 19.5 Å². The van der Waals surface area contributed by atoms with Crippen LogP contribution in [0.2, 0.25) is 0 Å². The van der Waals surface area contributed by atoms with Crippen molar-refractivity contribution < 1.29 is 24.2 Å². The number of carbonyl (C=O) groups excluding carboxylic acids is 2. The van der Waals surface area contributed by atoms with Gasteiger partial charge in [-0.3, -0.25) is 9.59 Å². The number of rotatable bonds is 5. The summed E-state index contributed by atoms with van der Waals surface area (Å²) >= 11 is 0. The molecule has 2 aromatic carbocycles. The van der Waals surface area contributed by atoms with Crippen molar-refractivity contribution in [3.63, 3.8) is 0 Å². The third kappa shape index (κ3) is 3.95. The molecule has 0 spiro atoms. The highest BCUT2D eigenvalue weighted by atomic mass is 16.5. The summed E-state index contributed by atoms with van der Waals surface area (Å²) in [5, 5.41) is 11.4. The van der Waals surface area contributed by atoms with Crippen LogP contribution in [0, 0.1) is 0 Å². The molecule has 3 aliphatic rings. The first-order chi connectivity index (χ1) is 16.5. The summed E-state index contributed by atoms with van der Waals surface area (Å²) in [6.45, 7) is 4.48. The molecule has 1 saturated carbocycles. The maximum atomic E-state index is 13.4. The van der Waals surface area contributed by atoms with Crippen LogP contribution in [-0.4, -0.2) is 40.4 Å². The summed E-state index contributed by atoms with van der Waals surface area (Å²) in [7, 11) is 0. The van der Waals surface area contributed by atoms with E-state index in [1.807, 2.05) is 50.2 Å². The van der Waals surface area contributed by atoms with Crippen molar-refractivity contribution in [3.05, 3.63) is 64.7 Å². The number of fused-ring (bicyclic) bond motifs is 1. The first-order valence-electron chi connectivity index (χ1n) is 12.3. The lowest BCUT2D eigenvalue weighted by Crippen LogP contribution is -2.40. The molecule has 0 aromatic heterocycles. The van der Waals surface area contributed by atoms with E-state index in [1.165, 1.54) is 0 Å². The number of carbonyl (C=O) groups is 2. The highest BCUT2D eigenvalue weighted by Gasteiger charge is 2.48. The zero-order chi connectivity index (χ0) is 23.8. The smallest absolute Gasteiger partial charge is 0.295 e. The Labute approximate surface area is 200 Å². The normalized spacial score (nSPS) is 24.2. The molecule has 2 unspecified atom stereocenters. The molecule has 2 aliphatic heterocycles. The Morgan fingerprint density at radius 1 is 1.09 bits per heavy atom. The number of hydrogen-bond acceptors (Lipinski definition) is 5. The van der Waals surface area contributed by atoms with Crippen LogP contribution in [0.1, 0.15) is 68.7 Å². The van der Waals surface area contributed by atoms with Gasteiger partial charge in [-0.2, -0.15) is 0 Å². The van der Waals surface area contributed by atoms with Gasteiger partial charge in [0.25, 0.3) is 11.7 Å². The fourth-order valence-corrected chi connectivity index (χ4v) is 5.55. The highest BCUT2D eigenvalue weighted by molar-refractivity contribution is 6.46. The zero-order valence-electron chi connectivity index (χ0n) is 19.8. The van der Waals surface area contributed by atoms with Gasteiger partial charge in [-0.1, -0.05) is 31.4 Å². The van der Waals surface area contributed by atoms with Crippen molar-refractivity contribution in [1.29, 1.82) is 0 Å². The monoisotopic (exact) mass is 461 g/mol. The second-order valence-electron chi connectivity index (χ2n) is 9.46. The van der Waals surface area contributed by atoms with E-state index < -0.39 is 17.7 Å². The molecule has 2 fully saturated rings. The van der Waals surface area contributed by atoms with Gasteiger partial charge in [-0.05, 0) is 68.1 Å². The van der Waals surface area contributed by atoms with Crippen LogP contribution < -0.4 is 9.47 Å². The van der Waals surface area contributed by atoms with E-state index in [0.717, 1.165) is 61.2 Å². The summed E-state index contributed by atoms with van der Waals surface area (Å²) in [6, 6.07) is 12.3. The quantitative estimate of drug-likeness (QED) is 0.378. The molecule has 5 rings (SSSR count). The fraction of sp³-hybridized carbons (Fsp3) is 0.429. The van der Waals surface area contributed by atoms with E-state index in [2.05, 4.69) is 0 Å². The van der Waals surface area contributed by atoms with Crippen molar-refractivity contribution in [2.75, 3.05) is 6.61 Å². The van der Waals surface area contributed by atoms with Crippen LogP contribution in [0.4, 0.5) is 0 Å². The predicted molar refractivity (Wildman–Crippen MR) is 129 cm³/mol. The summed E-state index contributed by atoms with van der Waals surface area (Å²) in [4.78, 5) is 28.4. The first-order valence-corrected chi connectivity index (χ1v) is 12.3. The Kier molecular flexibility index (Phi) is 6.07. The summed E-state index contributed by atoms with van der Waals surface area (Å²) in [5.74, 6) is 0.263. The number of ether oxygens (including phenoxy) is 2. The third-order valence-corrected chi connectivity index (χ3v) is 7.12. The third-order valence-electron chi connectivity index (χ3n) is 7.12. The minimum Gasteiger partial charge on any atom is -0.507 e. The number of ketones is 1. The van der Waals surface area contributed by atoms with Crippen molar-refractivity contribution >= 4 is 17.4 Å². The molecule has 1 aliphatic carbocycles. The lowest BCUT2D eigenvalue weighted by molar-refractivity contribution is -0.141. The van der Waals surface area contributed by atoms with Gasteiger partial charge in [-0.25, -0.2) is 0 Å². The van der Waals surface area contributed by atoms with Gasteiger partial charge in [0.15, 0.2) is 0 Å². The Hall–Kier alpha value is -3.28. The number of aliphatic hydroxyl groups excluding tert-OH is 1. The number of aliphatic hydroxyl groups is 1. The van der Waals surface area contributed by atoms with Crippen LogP contribution in [-0.2, 0) is 16.0 Å². The molecule has 2 atom stereocenters. The molecule has 1 saturated heterocycles. The van der Waals surface area contributed by atoms with Crippen molar-refractivity contribution in [2.45, 2.75) is 70.6 Å². The largest absolute Gasteiger partial charge is 0.507 e. The Balaban J connectivity index is 1.60. The van der Waals surface area contributed by atoms with Gasteiger partial charge in [0.05, 0.1) is 18.2 Å². The molecular formula is C28H31NO5. The summed E-state index contributed by atoms with van der Waals surface area (Å²) < 4.78 is 11.4. The summed E-state index contributed by atoms with van der Waals surface area (Å²) in [5.41, 5.74) is 2.49. The summed E-state index contributed by atoms with van der Waals surface area (Å²) in [6.07, 6.45) is 5.77. The second-order valence-corrected chi connectivity index (χ2v) is 9.46. The highest BCUT2D eigenvalue weighted by Crippen LogP contribution is 2.44. The van der Waals surface area contributed by atoms with Crippen LogP contribution in [0.5, 0.6) is 11.5 Å². The minimum absolute atomic E-state index is 0.0126. The topological polar surface area (TPSA) is 76.1 Å². The van der Waals surface area contributed by atoms with Gasteiger partial charge in [0.1, 0.15) is 23.4 Å². The van der Waals surface area contributed by atoms with Crippen molar-refractivity contribution in [3.8, 4) is 11.5 Å². The lowest BCUT2D eigenvalue weighted by atomic mass is 9.90. The molecule has 2 heterocycles. The molecule has 34 heavy (non-hydrogen) atoms.